The van der Waals surface area contributed by atoms with E-state index in [1.165, 1.54) is 0 Å². The molecule has 0 fully saturated rings. The van der Waals surface area contributed by atoms with Crippen LogP contribution < -0.4 is 9.47 Å². The molecule has 0 saturated carbocycles. The Labute approximate surface area is 125 Å². The largest absolute Gasteiger partial charge is 0.493 e. The summed E-state index contributed by atoms with van der Waals surface area (Å²) in [5, 5.41) is 8.95. The highest BCUT2D eigenvalue weighted by Gasteiger charge is 2.28. The molecule has 4 nitrogen and oxygen atoms in total. The normalized spacial score (nSPS) is 15.2. The van der Waals surface area contributed by atoms with E-state index in [0.717, 1.165) is 29.0 Å². The fourth-order valence-corrected chi connectivity index (χ4v) is 2.48. The molecule has 0 spiro atoms. The second-order valence-electron chi connectivity index (χ2n) is 5.25. The second-order valence-corrected chi connectivity index (χ2v) is 5.25. The third-order valence-corrected chi connectivity index (χ3v) is 3.23. The third-order valence-electron chi connectivity index (χ3n) is 3.23. The molecule has 1 aliphatic heterocycles. The number of aliphatic imine (C=N–C) groups is 1. The van der Waals surface area contributed by atoms with Gasteiger partial charge in [0.15, 0.2) is 11.5 Å². The van der Waals surface area contributed by atoms with Gasteiger partial charge in [0.05, 0.1) is 38.0 Å². The van der Waals surface area contributed by atoms with Gasteiger partial charge < -0.3 is 9.47 Å². The number of benzene rings is 1. The summed E-state index contributed by atoms with van der Waals surface area (Å²) >= 11 is 0. The first-order valence-corrected chi connectivity index (χ1v) is 6.21. The number of methoxy groups -OCH3 is 2. The maximum absolute atomic E-state index is 8.95. The Morgan fingerprint density at radius 2 is 1.85 bits per heavy atom. The maximum atomic E-state index is 8.95. The van der Waals surface area contributed by atoms with Crippen LogP contribution in [0.5, 0.6) is 11.5 Å². The van der Waals surface area contributed by atoms with Crippen molar-refractivity contribution >= 4 is 18.1 Å². The fraction of sp³-hybridized carbons (Fsp3) is 0.467. The van der Waals surface area contributed by atoms with Gasteiger partial charge in [-0.05, 0) is 38.0 Å². The molecule has 0 aliphatic carbocycles. The zero-order chi connectivity index (χ0) is 14.0. The van der Waals surface area contributed by atoms with Crippen molar-refractivity contribution < 1.29 is 9.47 Å². The molecule has 0 atom stereocenters. The molecule has 1 aliphatic rings. The summed E-state index contributed by atoms with van der Waals surface area (Å²) in [4.78, 5) is 4.67. The molecule has 0 N–H and O–H groups in total. The zero-order valence-corrected chi connectivity index (χ0v) is 13.0. The van der Waals surface area contributed by atoms with Crippen molar-refractivity contribution in [2.24, 2.45) is 4.99 Å². The molecular weight excluding hydrogens is 276 g/mol. The zero-order valence-electron chi connectivity index (χ0n) is 12.2. The minimum Gasteiger partial charge on any atom is -0.493 e. The monoisotopic (exact) mass is 294 g/mol. The lowest BCUT2D eigenvalue weighted by atomic mass is 9.86. The van der Waals surface area contributed by atoms with Gasteiger partial charge in [-0.25, -0.2) is 0 Å². The second kappa shape index (κ2) is 6.15. The lowest BCUT2D eigenvalue weighted by Crippen LogP contribution is -2.29. The van der Waals surface area contributed by atoms with E-state index in [1.807, 2.05) is 12.1 Å². The Bertz CT molecular complexity index is 574. The van der Waals surface area contributed by atoms with Crippen molar-refractivity contribution in [2.45, 2.75) is 32.2 Å². The summed E-state index contributed by atoms with van der Waals surface area (Å²) in [7, 11) is 3.24. The van der Waals surface area contributed by atoms with E-state index in [1.54, 1.807) is 14.2 Å². The molecule has 108 valence electrons. The Morgan fingerprint density at radius 3 is 2.40 bits per heavy atom. The number of nitriles is 1. The topological polar surface area (TPSA) is 54.6 Å². The lowest BCUT2D eigenvalue weighted by Gasteiger charge is -2.29. The van der Waals surface area contributed by atoms with Gasteiger partial charge in [0.2, 0.25) is 0 Å². The first-order chi connectivity index (χ1) is 9.00. The molecule has 0 aromatic heterocycles. The van der Waals surface area contributed by atoms with Crippen molar-refractivity contribution in [3.8, 4) is 17.6 Å². The molecule has 1 heterocycles. The van der Waals surface area contributed by atoms with E-state index in [9.17, 15) is 0 Å². The van der Waals surface area contributed by atoms with Gasteiger partial charge in [0.25, 0.3) is 0 Å². The van der Waals surface area contributed by atoms with Crippen LogP contribution in [0.4, 0.5) is 0 Å². The lowest BCUT2D eigenvalue weighted by molar-refractivity contribution is 0.353. The van der Waals surface area contributed by atoms with Crippen LogP contribution in [0.1, 0.15) is 31.4 Å². The van der Waals surface area contributed by atoms with Crippen LogP contribution in [0, 0.1) is 11.3 Å². The summed E-state index contributed by atoms with van der Waals surface area (Å²) in [6.45, 7) is 4.15. The fourth-order valence-electron chi connectivity index (χ4n) is 2.48. The molecule has 5 heteroatoms. The van der Waals surface area contributed by atoms with Gasteiger partial charge in [-0.3, -0.25) is 4.99 Å². The van der Waals surface area contributed by atoms with Crippen LogP contribution in [0.25, 0.3) is 0 Å². The van der Waals surface area contributed by atoms with Crippen molar-refractivity contribution in [3.05, 3.63) is 23.3 Å². The predicted octanol–water partition coefficient (Wildman–Crippen LogP) is 3.16. The summed E-state index contributed by atoms with van der Waals surface area (Å²) in [6, 6.07) is 6.08. The molecule has 20 heavy (non-hydrogen) atoms. The average molecular weight is 295 g/mol. The smallest absolute Gasteiger partial charge is 0.161 e. The van der Waals surface area contributed by atoms with E-state index in [4.69, 9.17) is 14.7 Å². The Kier molecular flexibility index (Phi) is 5.02. The SMILES string of the molecule is COc1cc2c(cc1OC)C(CC#N)=NC(C)(C)C2.Cl. The van der Waals surface area contributed by atoms with Crippen LogP contribution in [0.15, 0.2) is 17.1 Å². The van der Waals surface area contributed by atoms with E-state index in [-0.39, 0.29) is 17.9 Å². The van der Waals surface area contributed by atoms with Gasteiger partial charge >= 0.3 is 0 Å². The number of hydrogen-bond donors (Lipinski definition) is 0. The van der Waals surface area contributed by atoms with Gasteiger partial charge in [0.1, 0.15) is 0 Å². The number of nitrogens with zero attached hydrogens (tertiary/aromatic N) is 2. The van der Waals surface area contributed by atoms with Crippen LogP contribution in [-0.2, 0) is 6.42 Å². The molecule has 0 amide bonds. The third kappa shape index (κ3) is 3.05. The molecule has 0 bridgehead atoms. The van der Waals surface area contributed by atoms with E-state index < -0.39 is 0 Å². The highest BCUT2D eigenvalue weighted by molar-refractivity contribution is 6.04. The highest BCUT2D eigenvalue weighted by Crippen LogP contribution is 2.36. The van der Waals surface area contributed by atoms with Crippen molar-refractivity contribution in [1.82, 2.24) is 0 Å². The molecule has 1 aromatic carbocycles. The Morgan fingerprint density at radius 1 is 1.25 bits per heavy atom. The minimum absolute atomic E-state index is 0. The quantitative estimate of drug-likeness (QED) is 0.860. The highest BCUT2D eigenvalue weighted by atomic mass is 35.5. The number of fused-ring (bicyclic) bond motifs is 1. The summed E-state index contributed by atoms with van der Waals surface area (Å²) in [5.41, 5.74) is 2.80. The van der Waals surface area contributed by atoms with Gasteiger partial charge in [0, 0.05) is 5.56 Å². The molecule has 2 rings (SSSR count). The van der Waals surface area contributed by atoms with Crippen LogP contribution in [-0.4, -0.2) is 25.5 Å². The summed E-state index contributed by atoms with van der Waals surface area (Å²) in [5.74, 6) is 1.39. The summed E-state index contributed by atoms with van der Waals surface area (Å²) < 4.78 is 10.7. The molecule has 0 radical (unpaired) electrons. The molecule has 0 unspecified atom stereocenters. The minimum atomic E-state index is -0.182. The standard InChI is InChI=1S/C15H18N2O2.ClH/c1-15(2)9-10-7-13(18-3)14(19-4)8-11(10)12(17-15)5-6-16;/h7-8H,5,9H2,1-4H3;1H. The van der Waals surface area contributed by atoms with Crippen molar-refractivity contribution in [1.29, 1.82) is 5.26 Å². The van der Waals surface area contributed by atoms with Crippen molar-refractivity contribution in [2.75, 3.05) is 14.2 Å². The number of hydrogen-bond acceptors (Lipinski definition) is 4. The average Bonchev–Trinajstić information content (AvgIpc) is 2.36. The molecule has 1 aromatic rings. The first kappa shape index (κ1) is 16.3. The number of rotatable bonds is 3. The van der Waals surface area contributed by atoms with Crippen LogP contribution in [0.2, 0.25) is 0 Å². The van der Waals surface area contributed by atoms with E-state index in [0.29, 0.717) is 12.2 Å². The van der Waals surface area contributed by atoms with Crippen molar-refractivity contribution in [3.63, 3.8) is 0 Å². The Hall–Kier alpha value is -1.73. The summed E-state index contributed by atoms with van der Waals surface area (Å²) in [6.07, 6.45) is 1.14. The number of halogens is 1. The number of ether oxygens (including phenoxy) is 2. The van der Waals surface area contributed by atoms with Gasteiger partial charge in [-0.1, -0.05) is 0 Å². The molecule has 0 saturated heterocycles. The predicted molar refractivity (Wildman–Crippen MR) is 81.3 cm³/mol. The van der Waals surface area contributed by atoms with Gasteiger partial charge in [-0.2, -0.15) is 5.26 Å². The van der Waals surface area contributed by atoms with E-state index in [2.05, 4.69) is 24.9 Å². The molecular formula is C15H19ClN2O2. The van der Waals surface area contributed by atoms with Crippen LogP contribution >= 0.6 is 12.4 Å². The van der Waals surface area contributed by atoms with Crippen LogP contribution in [0.3, 0.4) is 0 Å². The Balaban J connectivity index is 0.00000200. The first-order valence-electron chi connectivity index (χ1n) is 6.21. The maximum Gasteiger partial charge on any atom is 0.161 e. The van der Waals surface area contributed by atoms with E-state index >= 15 is 0 Å². The van der Waals surface area contributed by atoms with Gasteiger partial charge in [-0.15, -0.1) is 12.4 Å².